The van der Waals surface area contributed by atoms with Crippen molar-refractivity contribution in [1.82, 2.24) is 10.6 Å². The normalized spacial score (nSPS) is 28.9. The zero-order valence-corrected chi connectivity index (χ0v) is 10.9. The third-order valence-corrected chi connectivity index (χ3v) is 3.67. The molecule has 0 aromatic carbocycles. The van der Waals surface area contributed by atoms with Crippen molar-refractivity contribution in [2.75, 3.05) is 0 Å². The van der Waals surface area contributed by atoms with Crippen LogP contribution in [0.3, 0.4) is 0 Å². The molecule has 2 aliphatic rings. The van der Waals surface area contributed by atoms with Gasteiger partial charge in [0.15, 0.2) is 0 Å². The Bertz CT molecular complexity index is 413. The smallest absolute Gasteiger partial charge is 0.326 e. The number of aliphatic carboxylic acids is 2. The number of amides is 2. The van der Waals surface area contributed by atoms with Crippen LogP contribution in [-0.4, -0.2) is 52.5 Å². The van der Waals surface area contributed by atoms with Gasteiger partial charge in [0.1, 0.15) is 6.04 Å². The number of carboxylic acid groups (broad SMARTS) is 2. The summed E-state index contributed by atoms with van der Waals surface area (Å²) < 4.78 is 5.58. The van der Waals surface area contributed by atoms with Gasteiger partial charge in [-0.05, 0) is 25.7 Å². The fourth-order valence-electron chi connectivity index (χ4n) is 2.68. The lowest BCUT2D eigenvalue weighted by Crippen LogP contribution is -2.51. The molecule has 0 radical (unpaired) electrons. The van der Waals surface area contributed by atoms with Gasteiger partial charge in [-0.25, -0.2) is 9.59 Å². The van der Waals surface area contributed by atoms with E-state index >= 15 is 0 Å². The van der Waals surface area contributed by atoms with E-state index in [1.54, 1.807) is 0 Å². The minimum Gasteiger partial charge on any atom is -0.481 e. The molecule has 20 heavy (non-hydrogen) atoms. The molecule has 2 saturated heterocycles. The van der Waals surface area contributed by atoms with Crippen LogP contribution in [0, 0.1) is 0 Å². The highest BCUT2D eigenvalue weighted by atomic mass is 16.5. The molecule has 2 rings (SSSR count). The zero-order valence-electron chi connectivity index (χ0n) is 10.9. The molecule has 8 nitrogen and oxygen atoms in total. The van der Waals surface area contributed by atoms with E-state index in [0.717, 1.165) is 19.3 Å². The average Bonchev–Trinajstić information content (AvgIpc) is 2.95. The van der Waals surface area contributed by atoms with E-state index in [1.807, 2.05) is 0 Å². The molecule has 0 aliphatic carbocycles. The Morgan fingerprint density at radius 1 is 1.25 bits per heavy atom. The quantitative estimate of drug-likeness (QED) is 0.541. The largest absolute Gasteiger partial charge is 0.481 e. The molecule has 4 N–H and O–H groups in total. The van der Waals surface area contributed by atoms with E-state index in [-0.39, 0.29) is 31.1 Å². The van der Waals surface area contributed by atoms with Gasteiger partial charge >= 0.3 is 18.0 Å². The molecule has 2 amide bonds. The summed E-state index contributed by atoms with van der Waals surface area (Å²) >= 11 is 0. The van der Waals surface area contributed by atoms with E-state index < -0.39 is 24.0 Å². The Kier molecular flexibility index (Phi) is 4.43. The van der Waals surface area contributed by atoms with Gasteiger partial charge < -0.3 is 25.6 Å². The number of nitrogens with one attached hydrogen (secondary N) is 2. The SMILES string of the molecule is O=C(O)CC[C@H](NC(=O)NC1CC2CCC1O2)C(=O)O. The summed E-state index contributed by atoms with van der Waals surface area (Å²) in [6, 6.07) is -1.89. The molecule has 4 atom stereocenters. The molecule has 3 unspecified atom stereocenters. The number of hydrogen-bond donors (Lipinski definition) is 4. The number of carbonyl (C=O) groups excluding carboxylic acids is 1. The van der Waals surface area contributed by atoms with Crippen LogP contribution in [0.4, 0.5) is 4.79 Å². The molecule has 112 valence electrons. The molecule has 0 saturated carbocycles. The summed E-state index contributed by atoms with van der Waals surface area (Å²) in [5, 5.41) is 22.5. The molecule has 2 heterocycles. The van der Waals surface area contributed by atoms with Crippen molar-refractivity contribution in [3.63, 3.8) is 0 Å². The Morgan fingerprint density at radius 3 is 2.50 bits per heavy atom. The second kappa shape index (κ2) is 6.08. The number of hydrogen-bond acceptors (Lipinski definition) is 4. The van der Waals surface area contributed by atoms with Crippen LogP contribution in [0.2, 0.25) is 0 Å². The van der Waals surface area contributed by atoms with E-state index in [9.17, 15) is 14.4 Å². The van der Waals surface area contributed by atoms with Gasteiger partial charge in [-0.15, -0.1) is 0 Å². The number of ether oxygens (including phenoxy) is 1. The van der Waals surface area contributed by atoms with Crippen molar-refractivity contribution in [2.24, 2.45) is 0 Å². The topological polar surface area (TPSA) is 125 Å². The summed E-state index contributed by atoms with van der Waals surface area (Å²) in [5.41, 5.74) is 0. The van der Waals surface area contributed by atoms with E-state index in [2.05, 4.69) is 10.6 Å². The van der Waals surface area contributed by atoms with Crippen LogP contribution in [-0.2, 0) is 14.3 Å². The third kappa shape index (κ3) is 3.60. The van der Waals surface area contributed by atoms with E-state index in [1.165, 1.54) is 0 Å². The first-order valence-electron chi connectivity index (χ1n) is 6.63. The maximum absolute atomic E-state index is 11.7. The zero-order chi connectivity index (χ0) is 14.7. The van der Waals surface area contributed by atoms with Crippen molar-refractivity contribution >= 4 is 18.0 Å². The van der Waals surface area contributed by atoms with Gasteiger partial charge in [-0.3, -0.25) is 4.79 Å². The van der Waals surface area contributed by atoms with Crippen LogP contribution in [0.5, 0.6) is 0 Å². The highest BCUT2D eigenvalue weighted by Crippen LogP contribution is 2.34. The third-order valence-electron chi connectivity index (χ3n) is 3.67. The number of fused-ring (bicyclic) bond motifs is 2. The molecule has 2 bridgehead atoms. The van der Waals surface area contributed by atoms with E-state index in [4.69, 9.17) is 14.9 Å². The van der Waals surface area contributed by atoms with Gasteiger partial charge in [0, 0.05) is 6.42 Å². The van der Waals surface area contributed by atoms with Crippen LogP contribution in [0.15, 0.2) is 0 Å². The highest BCUT2D eigenvalue weighted by molar-refractivity contribution is 5.83. The number of carbonyl (C=O) groups is 3. The first-order chi connectivity index (χ1) is 9.45. The summed E-state index contributed by atoms with van der Waals surface area (Å²) in [7, 11) is 0. The molecule has 2 aliphatic heterocycles. The van der Waals surface area contributed by atoms with Crippen LogP contribution in [0.1, 0.15) is 32.1 Å². The fraction of sp³-hybridized carbons (Fsp3) is 0.750. The number of urea groups is 1. The molecule has 0 aromatic heterocycles. The lowest BCUT2D eigenvalue weighted by atomic mass is 9.96. The molecule has 2 fully saturated rings. The van der Waals surface area contributed by atoms with Gasteiger partial charge in [0.25, 0.3) is 0 Å². The second-order valence-corrected chi connectivity index (χ2v) is 5.16. The first kappa shape index (κ1) is 14.6. The molecule has 8 heteroatoms. The van der Waals surface area contributed by atoms with Crippen LogP contribution < -0.4 is 10.6 Å². The number of rotatable bonds is 6. The van der Waals surface area contributed by atoms with Crippen molar-refractivity contribution < 1.29 is 29.3 Å². The van der Waals surface area contributed by atoms with Crippen molar-refractivity contribution in [2.45, 2.75) is 56.4 Å². The summed E-state index contributed by atoms with van der Waals surface area (Å²) in [4.78, 5) is 33.1. The van der Waals surface area contributed by atoms with Crippen LogP contribution >= 0.6 is 0 Å². The predicted molar refractivity (Wildman–Crippen MR) is 66.3 cm³/mol. The van der Waals surface area contributed by atoms with Crippen molar-refractivity contribution in [1.29, 1.82) is 0 Å². The molecule has 0 spiro atoms. The lowest BCUT2D eigenvalue weighted by molar-refractivity contribution is -0.140. The number of carboxylic acids is 2. The Balaban J connectivity index is 1.79. The average molecular weight is 286 g/mol. The Labute approximate surface area is 115 Å². The van der Waals surface area contributed by atoms with Crippen molar-refractivity contribution in [3.8, 4) is 0 Å². The van der Waals surface area contributed by atoms with Gasteiger partial charge in [0.2, 0.25) is 0 Å². The molecule has 0 aromatic rings. The minimum absolute atomic E-state index is 0.00745. The first-order valence-corrected chi connectivity index (χ1v) is 6.63. The van der Waals surface area contributed by atoms with Gasteiger partial charge in [0.05, 0.1) is 18.2 Å². The Hall–Kier alpha value is -1.83. The predicted octanol–water partition coefficient (Wildman–Crippen LogP) is -0.0765. The summed E-state index contributed by atoms with van der Waals surface area (Å²) in [5.74, 6) is -2.34. The monoisotopic (exact) mass is 286 g/mol. The molecular weight excluding hydrogens is 268 g/mol. The minimum atomic E-state index is -1.24. The van der Waals surface area contributed by atoms with Crippen molar-refractivity contribution in [3.05, 3.63) is 0 Å². The second-order valence-electron chi connectivity index (χ2n) is 5.16. The van der Waals surface area contributed by atoms with Gasteiger partial charge in [-0.2, -0.15) is 0 Å². The summed E-state index contributed by atoms with van der Waals surface area (Å²) in [6.45, 7) is 0. The van der Waals surface area contributed by atoms with Crippen LogP contribution in [0.25, 0.3) is 0 Å². The Morgan fingerprint density at radius 2 is 2.00 bits per heavy atom. The highest BCUT2D eigenvalue weighted by Gasteiger charge is 2.41. The maximum atomic E-state index is 11.7. The summed E-state index contributed by atoms with van der Waals surface area (Å²) in [6.07, 6.45) is 2.38. The maximum Gasteiger partial charge on any atom is 0.326 e. The lowest BCUT2D eigenvalue weighted by Gasteiger charge is -2.21. The fourth-order valence-corrected chi connectivity index (χ4v) is 2.68. The molecular formula is C12H18N2O6. The standard InChI is InChI=1S/C12H18N2O6/c15-10(16)4-2-7(11(17)18)13-12(19)14-8-5-6-1-3-9(8)20-6/h6-9H,1-5H2,(H,15,16)(H,17,18)(H2,13,14,19)/t6?,7-,8?,9?/m0/s1. The van der Waals surface area contributed by atoms with E-state index in [0.29, 0.717) is 0 Å². The van der Waals surface area contributed by atoms with Gasteiger partial charge in [-0.1, -0.05) is 0 Å².